The molecule has 4 heteroatoms. The molecule has 2 unspecified atom stereocenters. The van der Waals surface area contributed by atoms with Crippen LogP contribution in [0.15, 0.2) is 0 Å². The maximum atomic E-state index is 11.1. The summed E-state index contributed by atoms with van der Waals surface area (Å²) in [5, 5.41) is 10.9. The maximum Gasteiger partial charge on any atom is 0.315 e. The Bertz CT molecular complexity index is 242. The van der Waals surface area contributed by atoms with E-state index < -0.39 is 17.8 Å². The lowest BCUT2D eigenvalue weighted by Crippen LogP contribution is -2.39. The van der Waals surface area contributed by atoms with Gasteiger partial charge < -0.3 is 10.4 Å². The van der Waals surface area contributed by atoms with E-state index in [2.05, 4.69) is 11.2 Å². The summed E-state index contributed by atoms with van der Waals surface area (Å²) in [4.78, 5) is 21.5. The van der Waals surface area contributed by atoms with Crippen LogP contribution >= 0.6 is 0 Å². The predicted molar refractivity (Wildman–Crippen MR) is 47.9 cm³/mol. The minimum atomic E-state index is -1.15. The van der Waals surface area contributed by atoms with Crippen LogP contribution < -0.4 is 5.32 Å². The van der Waals surface area contributed by atoms with E-state index in [1.54, 1.807) is 0 Å². The summed E-state index contributed by atoms with van der Waals surface area (Å²) in [5.41, 5.74) is 0. The van der Waals surface area contributed by atoms with Crippen LogP contribution in [0.5, 0.6) is 0 Å². The summed E-state index contributed by atoms with van der Waals surface area (Å²) in [5.74, 6) is -0.395. The molecule has 0 aromatic rings. The van der Waals surface area contributed by atoms with Crippen LogP contribution in [0.4, 0.5) is 0 Å². The maximum absolute atomic E-state index is 11.1. The lowest BCUT2D eigenvalue weighted by atomic mass is 10.1. The Morgan fingerprint density at radius 3 is 2.46 bits per heavy atom. The Hall–Kier alpha value is -1.50. The first-order chi connectivity index (χ1) is 6.02. The van der Waals surface area contributed by atoms with Crippen LogP contribution in [-0.4, -0.2) is 23.0 Å². The van der Waals surface area contributed by atoms with Crippen LogP contribution in [-0.2, 0) is 9.59 Å². The van der Waals surface area contributed by atoms with E-state index in [1.165, 1.54) is 6.92 Å². The van der Waals surface area contributed by atoms with E-state index in [4.69, 9.17) is 11.5 Å². The zero-order valence-electron chi connectivity index (χ0n) is 7.70. The van der Waals surface area contributed by atoms with Crippen molar-refractivity contribution in [1.82, 2.24) is 5.32 Å². The van der Waals surface area contributed by atoms with Crippen LogP contribution in [0.2, 0.25) is 0 Å². The fourth-order valence-electron chi connectivity index (χ4n) is 0.670. The van der Waals surface area contributed by atoms with Crippen LogP contribution in [0, 0.1) is 18.3 Å². The number of rotatable bonds is 4. The van der Waals surface area contributed by atoms with Crippen molar-refractivity contribution in [3.05, 3.63) is 0 Å². The second-order valence-corrected chi connectivity index (χ2v) is 2.70. The molecule has 0 heterocycles. The highest BCUT2D eigenvalue weighted by molar-refractivity contribution is 5.96. The fourth-order valence-corrected chi connectivity index (χ4v) is 0.670. The van der Waals surface area contributed by atoms with Gasteiger partial charge >= 0.3 is 5.97 Å². The van der Waals surface area contributed by atoms with Gasteiger partial charge in [-0.25, -0.2) is 0 Å². The highest BCUT2D eigenvalue weighted by atomic mass is 16.4. The molecule has 0 aliphatic heterocycles. The average Bonchev–Trinajstić information content (AvgIpc) is 2.12. The summed E-state index contributed by atoms with van der Waals surface area (Å²) in [7, 11) is 0. The Kier molecular flexibility index (Phi) is 4.60. The molecule has 0 radical (unpaired) electrons. The van der Waals surface area contributed by atoms with E-state index in [9.17, 15) is 9.59 Å². The molecule has 0 saturated heterocycles. The third-order valence-corrected chi connectivity index (χ3v) is 1.69. The monoisotopic (exact) mass is 183 g/mol. The molecule has 0 saturated carbocycles. The molecule has 0 aliphatic rings. The van der Waals surface area contributed by atoms with Gasteiger partial charge in [-0.15, -0.1) is 6.42 Å². The fraction of sp³-hybridized carbons (Fsp3) is 0.556. The number of hydrogen-bond acceptors (Lipinski definition) is 2. The summed E-state index contributed by atoms with van der Waals surface area (Å²) in [6.07, 6.45) is 5.69. The summed E-state index contributed by atoms with van der Waals surface area (Å²) < 4.78 is 0. The van der Waals surface area contributed by atoms with E-state index in [0.29, 0.717) is 6.42 Å². The van der Waals surface area contributed by atoms with Gasteiger partial charge in [0, 0.05) is 0 Å². The highest BCUT2D eigenvalue weighted by Crippen LogP contribution is 1.97. The zero-order valence-corrected chi connectivity index (χ0v) is 7.70. The topological polar surface area (TPSA) is 66.4 Å². The third kappa shape index (κ3) is 3.61. The van der Waals surface area contributed by atoms with E-state index >= 15 is 0 Å². The quantitative estimate of drug-likeness (QED) is 0.484. The van der Waals surface area contributed by atoms with Gasteiger partial charge in [0.25, 0.3) is 0 Å². The second kappa shape index (κ2) is 5.20. The molecule has 0 bridgehead atoms. The molecule has 2 atom stereocenters. The smallest absolute Gasteiger partial charge is 0.315 e. The van der Waals surface area contributed by atoms with Crippen LogP contribution in [0.3, 0.4) is 0 Å². The van der Waals surface area contributed by atoms with E-state index in [1.807, 2.05) is 6.92 Å². The van der Waals surface area contributed by atoms with Crippen molar-refractivity contribution in [3.63, 3.8) is 0 Å². The molecule has 72 valence electrons. The molecule has 0 aliphatic carbocycles. The summed E-state index contributed by atoms with van der Waals surface area (Å²) in [6.45, 7) is 3.14. The molecule has 2 N–H and O–H groups in total. The van der Waals surface area contributed by atoms with Crippen molar-refractivity contribution in [2.24, 2.45) is 5.92 Å². The molecule has 0 fully saturated rings. The highest BCUT2D eigenvalue weighted by Gasteiger charge is 2.21. The molecule has 0 aromatic carbocycles. The molecule has 1 amide bonds. The Balaban J connectivity index is 4.15. The van der Waals surface area contributed by atoms with Crippen molar-refractivity contribution in [3.8, 4) is 12.3 Å². The number of carbonyl (C=O) groups excluding carboxylic acids is 1. The first kappa shape index (κ1) is 11.5. The van der Waals surface area contributed by atoms with Gasteiger partial charge in [-0.05, 0) is 13.3 Å². The third-order valence-electron chi connectivity index (χ3n) is 1.69. The normalized spacial score (nSPS) is 13.9. The zero-order chi connectivity index (χ0) is 10.4. The van der Waals surface area contributed by atoms with Gasteiger partial charge in [-0.3, -0.25) is 9.59 Å². The van der Waals surface area contributed by atoms with Gasteiger partial charge in [-0.1, -0.05) is 12.8 Å². The first-order valence-corrected chi connectivity index (χ1v) is 4.02. The SMILES string of the molecule is C#CC(CC)NC(=O)C(C)C(=O)O. The minimum Gasteiger partial charge on any atom is -0.481 e. The number of terminal acetylenes is 1. The Morgan fingerprint density at radius 1 is 1.62 bits per heavy atom. The van der Waals surface area contributed by atoms with Crippen molar-refractivity contribution in [2.75, 3.05) is 0 Å². The number of amides is 1. The average molecular weight is 183 g/mol. The van der Waals surface area contributed by atoms with E-state index in [-0.39, 0.29) is 6.04 Å². The van der Waals surface area contributed by atoms with E-state index in [0.717, 1.165) is 0 Å². The van der Waals surface area contributed by atoms with Crippen LogP contribution in [0.1, 0.15) is 20.3 Å². The molecule has 4 nitrogen and oxygen atoms in total. The van der Waals surface area contributed by atoms with Crippen molar-refractivity contribution in [2.45, 2.75) is 26.3 Å². The second-order valence-electron chi connectivity index (χ2n) is 2.70. The van der Waals surface area contributed by atoms with Crippen LogP contribution in [0.25, 0.3) is 0 Å². The Labute approximate surface area is 77.3 Å². The first-order valence-electron chi connectivity index (χ1n) is 4.02. The van der Waals surface area contributed by atoms with Crippen molar-refractivity contribution >= 4 is 11.9 Å². The standard InChI is InChI=1S/C9H13NO3/c1-4-7(5-2)10-8(11)6(3)9(12)13/h1,6-7H,5H2,2-3H3,(H,10,11)(H,12,13). The van der Waals surface area contributed by atoms with Gasteiger partial charge in [0.2, 0.25) is 5.91 Å². The molecule has 0 rings (SSSR count). The molecular weight excluding hydrogens is 170 g/mol. The van der Waals surface area contributed by atoms with Gasteiger partial charge in [0.1, 0.15) is 5.92 Å². The Morgan fingerprint density at radius 2 is 2.15 bits per heavy atom. The van der Waals surface area contributed by atoms with Gasteiger partial charge in [0.05, 0.1) is 6.04 Å². The largest absolute Gasteiger partial charge is 0.481 e. The number of aliphatic carboxylic acids is 1. The lowest BCUT2D eigenvalue weighted by Gasteiger charge is -2.12. The number of carboxylic acid groups (broad SMARTS) is 1. The summed E-state index contributed by atoms with van der Waals surface area (Å²) in [6, 6.07) is -0.380. The molecular formula is C9H13NO3. The summed E-state index contributed by atoms with van der Waals surface area (Å²) >= 11 is 0. The molecule has 0 spiro atoms. The minimum absolute atomic E-state index is 0.380. The number of carbonyl (C=O) groups is 2. The lowest BCUT2D eigenvalue weighted by molar-refractivity contribution is -0.146. The number of nitrogens with one attached hydrogen (secondary N) is 1. The number of carboxylic acids is 1. The van der Waals surface area contributed by atoms with Crippen molar-refractivity contribution in [1.29, 1.82) is 0 Å². The van der Waals surface area contributed by atoms with Gasteiger partial charge in [-0.2, -0.15) is 0 Å². The predicted octanol–water partition coefficient (Wildman–Crippen LogP) is 0.235. The molecule has 13 heavy (non-hydrogen) atoms. The van der Waals surface area contributed by atoms with Gasteiger partial charge in [0.15, 0.2) is 0 Å². The van der Waals surface area contributed by atoms with Crippen molar-refractivity contribution < 1.29 is 14.7 Å². The molecule has 0 aromatic heterocycles. The number of hydrogen-bond donors (Lipinski definition) is 2.